The average molecular weight is 327 g/mol. The van der Waals surface area contributed by atoms with Gasteiger partial charge in [-0.15, -0.1) is 5.73 Å². The molecular formula is C21H29NO2. The summed E-state index contributed by atoms with van der Waals surface area (Å²) in [6.45, 7) is 6.01. The Morgan fingerprint density at radius 2 is 2.04 bits per heavy atom. The minimum absolute atomic E-state index is 0.0214. The van der Waals surface area contributed by atoms with Crippen LogP contribution in [-0.2, 0) is 0 Å². The Kier molecular flexibility index (Phi) is 3.78. The van der Waals surface area contributed by atoms with Crippen LogP contribution in [0.4, 0.5) is 0 Å². The van der Waals surface area contributed by atoms with Gasteiger partial charge in [-0.3, -0.25) is 0 Å². The minimum Gasteiger partial charge on any atom is -0.411 e. The van der Waals surface area contributed by atoms with Gasteiger partial charge in [0.05, 0.1) is 11.3 Å². The van der Waals surface area contributed by atoms with E-state index >= 15 is 0 Å². The molecule has 0 bridgehead atoms. The number of rotatable bonds is 1. The molecule has 0 aromatic rings. The highest BCUT2D eigenvalue weighted by Crippen LogP contribution is 2.65. The van der Waals surface area contributed by atoms with Gasteiger partial charge >= 0.3 is 0 Å². The summed E-state index contributed by atoms with van der Waals surface area (Å²) in [6, 6.07) is 0. The molecule has 4 aliphatic carbocycles. The zero-order valence-corrected chi connectivity index (χ0v) is 14.7. The van der Waals surface area contributed by atoms with Gasteiger partial charge in [-0.05, 0) is 87.2 Å². The Hall–Kier alpha value is -1.31. The summed E-state index contributed by atoms with van der Waals surface area (Å²) in [5.41, 5.74) is 4.49. The van der Waals surface area contributed by atoms with Crippen LogP contribution in [0.25, 0.3) is 0 Å². The third-order valence-corrected chi connectivity index (χ3v) is 8.00. The maximum absolute atomic E-state index is 11.2. The first kappa shape index (κ1) is 16.2. The topological polar surface area (TPSA) is 52.8 Å². The van der Waals surface area contributed by atoms with Crippen molar-refractivity contribution >= 4 is 5.71 Å². The van der Waals surface area contributed by atoms with E-state index in [4.69, 9.17) is 5.21 Å². The molecule has 0 heterocycles. The summed E-state index contributed by atoms with van der Waals surface area (Å²) in [5, 5.41) is 23.7. The van der Waals surface area contributed by atoms with Crippen LogP contribution in [-0.4, -0.2) is 21.6 Å². The van der Waals surface area contributed by atoms with Crippen LogP contribution in [0.1, 0.15) is 58.3 Å². The quantitative estimate of drug-likeness (QED) is 0.424. The van der Waals surface area contributed by atoms with Crippen LogP contribution in [0.2, 0.25) is 0 Å². The van der Waals surface area contributed by atoms with Crippen LogP contribution < -0.4 is 0 Å². The molecular weight excluding hydrogens is 298 g/mol. The number of hydrogen-bond donors (Lipinski definition) is 2. The number of hydrogen-bond acceptors (Lipinski definition) is 3. The molecule has 130 valence electrons. The van der Waals surface area contributed by atoms with Crippen molar-refractivity contribution in [2.24, 2.45) is 34.2 Å². The summed E-state index contributed by atoms with van der Waals surface area (Å²) in [4.78, 5) is 0. The van der Waals surface area contributed by atoms with Crippen molar-refractivity contribution in [3.8, 4) is 0 Å². The molecule has 0 aliphatic heterocycles. The molecule has 2 N–H and O–H groups in total. The predicted molar refractivity (Wildman–Crippen MR) is 95.0 cm³/mol. The maximum atomic E-state index is 11.2. The van der Waals surface area contributed by atoms with Gasteiger partial charge in [-0.1, -0.05) is 24.2 Å². The Morgan fingerprint density at radius 1 is 1.21 bits per heavy atom. The Bertz CT molecular complexity index is 644. The Morgan fingerprint density at radius 3 is 2.79 bits per heavy atom. The fraction of sp³-hybridized carbons (Fsp3) is 0.714. The minimum atomic E-state index is -0.718. The second-order valence-corrected chi connectivity index (χ2v) is 8.70. The van der Waals surface area contributed by atoms with Crippen molar-refractivity contribution in [2.75, 3.05) is 0 Å². The lowest BCUT2D eigenvalue weighted by molar-refractivity contribution is -0.0902. The van der Waals surface area contributed by atoms with Gasteiger partial charge in [0.1, 0.15) is 0 Å². The van der Waals surface area contributed by atoms with Crippen molar-refractivity contribution in [1.82, 2.24) is 0 Å². The van der Waals surface area contributed by atoms with Crippen molar-refractivity contribution in [3.63, 3.8) is 0 Å². The van der Waals surface area contributed by atoms with Crippen LogP contribution in [0.3, 0.4) is 0 Å². The molecule has 0 radical (unpaired) electrons. The fourth-order valence-corrected chi connectivity index (χ4v) is 6.73. The smallest absolute Gasteiger partial charge is 0.0956 e. The molecule has 3 fully saturated rings. The highest BCUT2D eigenvalue weighted by molar-refractivity contribution is 5.96. The highest BCUT2D eigenvalue weighted by Gasteiger charge is 2.61. The molecule has 0 aromatic heterocycles. The van der Waals surface area contributed by atoms with Crippen molar-refractivity contribution in [3.05, 3.63) is 30.0 Å². The van der Waals surface area contributed by atoms with Gasteiger partial charge in [0.2, 0.25) is 0 Å². The van der Waals surface area contributed by atoms with E-state index in [0.29, 0.717) is 11.8 Å². The second-order valence-electron chi connectivity index (χ2n) is 8.70. The Balaban J connectivity index is 1.63. The third-order valence-electron chi connectivity index (χ3n) is 8.00. The van der Waals surface area contributed by atoms with Crippen LogP contribution in [0.15, 0.2) is 35.2 Å². The monoisotopic (exact) mass is 327 g/mol. The highest BCUT2D eigenvalue weighted by atomic mass is 16.4. The molecule has 0 saturated heterocycles. The van der Waals surface area contributed by atoms with Gasteiger partial charge in [0.15, 0.2) is 0 Å². The molecule has 24 heavy (non-hydrogen) atoms. The molecule has 3 nitrogen and oxygen atoms in total. The summed E-state index contributed by atoms with van der Waals surface area (Å²) in [7, 11) is 0. The van der Waals surface area contributed by atoms with Crippen LogP contribution >= 0.6 is 0 Å². The molecule has 3 heteroatoms. The van der Waals surface area contributed by atoms with E-state index in [9.17, 15) is 5.11 Å². The molecule has 0 spiro atoms. The summed E-state index contributed by atoms with van der Waals surface area (Å²) < 4.78 is 0. The summed E-state index contributed by atoms with van der Waals surface area (Å²) in [5.74, 6) is 2.76. The molecule has 3 saturated carbocycles. The van der Waals surface area contributed by atoms with E-state index < -0.39 is 5.60 Å². The Labute approximate surface area is 144 Å². The zero-order chi connectivity index (χ0) is 16.9. The summed E-state index contributed by atoms with van der Waals surface area (Å²) in [6.07, 6.45) is 12.7. The van der Waals surface area contributed by atoms with E-state index in [1.54, 1.807) is 0 Å². The zero-order valence-electron chi connectivity index (χ0n) is 14.7. The lowest BCUT2D eigenvalue weighted by Gasteiger charge is -2.55. The molecule has 6 atom stereocenters. The normalized spacial score (nSPS) is 48.8. The second kappa shape index (κ2) is 5.61. The third kappa shape index (κ3) is 2.11. The van der Waals surface area contributed by atoms with E-state index in [0.717, 1.165) is 56.1 Å². The SMILES string of the molecule is C=C=C[C@]1(O)CC[C@H]2[C@@H]3CCC4=C/C(=N\O)CC[C@@H]4[C@H]3CC[C@@]21C. The average Bonchev–Trinajstić information content (AvgIpc) is 2.86. The van der Waals surface area contributed by atoms with Gasteiger partial charge in [-0.2, -0.15) is 0 Å². The first-order valence-electron chi connectivity index (χ1n) is 9.53. The van der Waals surface area contributed by atoms with Gasteiger partial charge < -0.3 is 10.3 Å². The van der Waals surface area contributed by atoms with Crippen molar-refractivity contribution < 1.29 is 10.3 Å². The lowest BCUT2D eigenvalue weighted by Crippen LogP contribution is -2.51. The predicted octanol–water partition coefficient (Wildman–Crippen LogP) is 4.46. The van der Waals surface area contributed by atoms with E-state index in [1.165, 1.54) is 18.4 Å². The van der Waals surface area contributed by atoms with Crippen LogP contribution in [0.5, 0.6) is 0 Å². The number of fused-ring (bicyclic) bond motifs is 5. The fourth-order valence-electron chi connectivity index (χ4n) is 6.73. The standard InChI is InChI=1S/C21H29NO2/c1-3-10-21(23)12-9-19-18-6-4-14-13-15(22-24)5-7-16(14)17(18)8-11-20(19,21)2/h10,13,16-19,23-24H,1,4-9,11-12H2,2H3/b22-15-/t16-,17+,18+,19-,20-,21-/m0/s1. The first-order chi connectivity index (χ1) is 11.5. The number of aliphatic hydroxyl groups is 1. The van der Waals surface area contributed by atoms with E-state index in [1.807, 2.05) is 6.08 Å². The van der Waals surface area contributed by atoms with Crippen molar-refractivity contribution in [1.29, 1.82) is 0 Å². The molecule has 4 rings (SSSR count). The van der Waals surface area contributed by atoms with Gasteiger partial charge in [0.25, 0.3) is 0 Å². The van der Waals surface area contributed by atoms with E-state index in [-0.39, 0.29) is 5.41 Å². The van der Waals surface area contributed by atoms with Gasteiger partial charge in [-0.25, -0.2) is 0 Å². The number of oxime groups is 1. The van der Waals surface area contributed by atoms with Crippen molar-refractivity contribution in [2.45, 2.75) is 63.9 Å². The largest absolute Gasteiger partial charge is 0.411 e. The molecule has 0 unspecified atom stereocenters. The molecule has 0 amide bonds. The number of allylic oxidation sites excluding steroid dienone is 2. The molecule has 4 aliphatic rings. The van der Waals surface area contributed by atoms with E-state index in [2.05, 4.69) is 30.5 Å². The lowest BCUT2D eigenvalue weighted by atomic mass is 9.50. The first-order valence-corrected chi connectivity index (χ1v) is 9.53. The summed E-state index contributed by atoms with van der Waals surface area (Å²) >= 11 is 0. The maximum Gasteiger partial charge on any atom is 0.0956 e. The van der Waals surface area contributed by atoms with Gasteiger partial charge in [0, 0.05) is 5.41 Å². The van der Waals surface area contributed by atoms with Crippen LogP contribution in [0, 0.1) is 29.1 Å². The molecule has 0 aromatic carbocycles. The number of nitrogens with zero attached hydrogens (tertiary/aromatic N) is 1.